The number of aromatic amines is 1. The van der Waals surface area contributed by atoms with Gasteiger partial charge >= 0.3 is 0 Å². The minimum atomic E-state index is 0.0562. The molecule has 26 heavy (non-hydrogen) atoms. The van der Waals surface area contributed by atoms with Gasteiger partial charge in [-0.2, -0.15) is 5.10 Å². The highest BCUT2D eigenvalue weighted by Crippen LogP contribution is 2.30. The number of hydrogen-bond acceptors (Lipinski definition) is 3. The zero-order valence-corrected chi connectivity index (χ0v) is 15.5. The average molecular weight is 352 g/mol. The van der Waals surface area contributed by atoms with Crippen LogP contribution in [0.5, 0.6) is 0 Å². The van der Waals surface area contributed by atoms with E-state index in [9.17, 15) is 4.79 Å². The molecule has 2 saturated heterocycles. The molecule has 1 aromatic heterocycles. The lowest BCUT2D eigenvalue weighted by Gasteiger charge is -2.35. The van der Waals surface area contributed by atoms with Crippen molar-refractivity contribution < 1.29 is 4.79 Å². The lowest BCUT2D eigenvalue weighted by molar-refractivity contribution is -0.137. The number of hydrogen-bond donors (Lipinski definition) is 1. The topological polar surface area (TPSA) is 52.2 Å². The molecule has 1 amide bonds. The maximum Gasteiger partial charge on any atom is 0.239 e. The van der Waals surface area contributed by atoms with Crippen molar-refractivity contribution in [3.05, 3.63) is 53.3 Å². The quantitative estimate of drug-likeness (QED) is 0.920. The van der Waals surface area contributed by atoms with Crippen LogP contribution in [0.25, 0.3) is 0 Å². The first-order valence-corrected chi connectivity index (χ1v) is 9.79. The third-order valence-electron chi connectivity index (χ3n) is 5.96. The third-order valence-corrected chi connectivity index (χ3v) is 5.96. The van der Waals surface area contributed by atoms with Crippen molar-refractivity contribution in [2.75, 3.05) is 19.6 Å². The lowest BCUT2D eigenvalue weighted by atomic mass is 9.91. The van der Waals surface area contributed by atoms with Crippen LogP contribution in [0.1, 0.15) is 48.4 Å². The minimum absolute atomic E-state index is 0.0562. The van der Waals surface area contributed by atoms with E-state index >= 15 is 0 Å². The van der Waals surface area contributed by atoms with E-state index in [4.69, 9.17) is 0 Å². The first kappa shape index (κ1) is 17.3. The molecule has 3 heterocycles. The van der Waals surface area contributed by atoms with Gasteiger partial charge in [-0.3, -0.25) is 14.8 Å². The van der Waals surface area contributed by atoms with Crippen LogP contribution in [-0.2, 0) is 11.3 Å². The molecule has 0 bridgehead atoms. The Hall–Kier alpha value is -2.14. The van der Waals surface area contributed by atoms with Crippen LogP contribution in [0.4, 0.5) is 0 Å². The van der Waals surface area contributed by atoms with Crippen LogP contribution < -0.4 is 0 Å². The van der Waals surface area contributed by atoms with Gasteiger partial charge in [-0.15, -0.1) is 0 Å². The van der Waals surface area contributed by atoms with Crippen molar-refractivity contribution in [3.8, 4) is 0 Å². The molecule has 5 nitrogen and oxygen atoms in total. The van der Waals surface area contributed by atoms with Gasteiger partial charge in [0.05, 0.1) is 12.2 Å². The summed E-state index contributed by atoms with van der Waals surface area (Å²) in [5.74, 6) is 0.837. The Labute approximate surface area is 155 Å². The van der Waals surface area contributed by atoms with Crippen LogP contribution in [0.3, 0.4) is 0 Å². The fourth-order valence-electron chi connectivity index (χ4n) is 4.48. The molecule has 0 saturated carbocycles. The first-order valence-electron chi connectivity index (χ1n) is 9.79. The van der Waals surface area contributed by atoms with Gasteiger partial charge in [0, 0.05) is 31.2 Å². The van der Waals surface area contributed by atoms with Crippen molar-refractivity contribution in [1.82, 2.24) is 20.0 Å². The average Bonchev–Trinajstić information content (AvgIpc) is 3.31. The number of carbonyl (C=O) groups excluding carboxylic acids is 1. The highest BCUT2D eigenvalue weighted by molar-refractivity contribution is 5.82. The van der Waals surface area contributed by atoms with Gasteiger partial charge in [0.15, 0.2) is 0 Å². The molecule has 138 valence electrons. The molecule has 2 aromatic rings. The van der Waals surface area contributed by atoms with Gasteiger partial charge < -0.3 is 4.90 Å². The van der Waals surface area contributed by atoms with Crippen molar-refractivity contribution >= 4 is 5.91 Å². The normalized spacial score (nSPS) is 22.0. The van der Waals surface area contributed by atoms with E-state index in [2.05, 4.69) is 51.2 Å². The van der Waals surface area contributed by atoms with Gasteiger partial charge in [0.1, 0.15) is 0 Å². The number of aryl methyl sites for hydroxylation is 1. The Morgan fingerprint density at radius 2 is 1.92 bits per heavy atom. The Bertz CT molecular complexity index is 733. The molecule has 0 radical (unpaired) electrons. The number of rotatable bonds is 4. The van der Waals surface area contributed by atoms with Crippen LogP contribution in [-0.4, -0.2) is 51.6 Å². The number of likely N-dealkylation sites (tertiary alicyclic amines) is 2. The molecule has 1 atom stereocenters. The predicted octanol–water partition coefficient (Wildman–Crippen LogP) is 3.09. The maximum absolute atomic E-state index is 13.1. The van der Waals surface area contributed by atoms with Gasteiger partial charge in [-0.1, -0.05) is 30.3 Å². The maximum atomic E-state index is 13.1. The lowest BCUT2D eigenvalue weighted by Crippen LogP contribution is -2.48. The van der Waals surface area contributed by atoms with Crippen LogP contribution in [0.15, 0.2) is 36.5 Å². The highest BCUT2D eigenvalue weighted by Gasteiger charge is 2.35. The van der Waals surface area contributed by atoms with E-state index in [1.807, 2.05) is 12.3 Å². The number of H-pyrrole nitrogens is 1. The molecule has 1 aromatic carbocycles. The summed E-state index contributed by atoms with van der Waals surface area (Å²) in [6.45, 7) is 5.72. The van der Waals surface area contributed by atoms with Crippen molar-refractivity contribution in [1.29, 1.82) is 0 Å². The molecular weight excluding hydrogens is 324 g/mol. The zero-order chi connectivity index (χ0) is 17.9. The van der Waals surface area contributed by atoms with E-state index in [0.29, 0.717) is 11.8 Å². The second kappa shape index (κ2) is 7.62. The van der Waals surface area contributed by atoms with Gasteiger partial charge in [0.25, 0.3) is 0 Å². The van der Waals surface area contributed by atoms with Crippen LogP contribution in [0, 0.1) is 6.92 Å². The molecular formula is C21H28N4O. The molecule has 0 unspecified atom stereocenters. The Balaban J connectivity index is 1.36. The summed E-state index contributed by atoms with van der Waals surface area (Å²) in [4.78, 5) is 17.6. The number of piperidine rings is 1. The summed E-state index contributed by atoms with van der Waals surface area (Å²) in [6.07, 6.45) is 6.06. The molecule has 4 rings (SSSR count). The summed E-state index contributed by atoms with van der Waals surface area (Å²) in [5.41, 5.74) is 3.78. The third kappa shape index (κ3) is 3.54. The van der Waals surface area contributed by atoms with Crippen molar-refractivity contribution in [2.45, 2.75) is 51.1 Å². The predicted molar refractivity (Wildman–Crippen MR) is 102 cm³/mol. The van der Waals surface area contributed by atoms with Crippen molar-refractivity contribution in [2.24, 2.45) is 0 Å². The molecule has 1 N–H and O–H groups in total. The fourth-order valence-corrected chi connectivity index (χ4v) is 4.48. The summed E-state index contributed by atoms with van der Waals surface area (Å²) >= 11 is 0. The van der Waals surface area contributed by atoms with E-state index in [1.54, 1.807) is 0 Å². The zero-order valence-electron chi connectivity index (χ0n) is 15.5. The molecule has 5 heteroatoms. The standard InChI is InChI=1S/C21H28N4O/c1-16-14-22-23-20(16)18-9-12-24(13-10-18)21(26)19-8-5-11-25(19)15-17-6-3-2-4-7-17/h2-4,6-7,14,18-19H,5,8-13,15H2,1H3,(H,22,23)/t19-/m0/s1. The number of aromatic nitrogens is 2. The van der Waals surface area contributed by atoms with E-state index in [0.717, 1.165) is 51.9 Å². The molecule has 2 aliphatic rings. The Morgan fingerprint density at radius 3 is 2.62 bits per heavy atom. The van der Waals surface area contributed by atoms with Crippen LogP contribution in [0.2, 0.25) is 0 Å². The second-order valence-corrected chi connectivity index (χ2v) is 7.68. The van der Waals surface area contributed by atoms with Gasteiger partial charge in [-0.25, -0.2) is 0 Å². The number of carbonyl (C=O) groups is 1. The smallest absolute Gasteiger partial charge is 0.239 e. The molecule has 2 fully saturated rings. The fraction of sp³-hybridized carbons (Fsp3) is 0.524. The first-order chi connectivity index (χ1) is 12.7. The largest absolute Gasteiger partial charge is 0.341 e. The van der Waals surface area contributed by atoms with Crippen molar-refractivity contribution in [3.63, 3.8) is 0 Å². The molecule has 2 aliphatic heterocycles. The van der Waals surface area contributed by atoms with E-state index < -0.39 is 0 Å². The number of nitrogens with one attached hydrogen (secondary N) is 1. The Kier molecular flexibility index (Phi) is 5.07. The Morgan fingerprint density at radius 1 is 1.15 bits per heavy atom. The SMILES string of the molecule is Cc1cn[nH]c1C1CCN(C(=O)[C@@H]2CCCN2Cc2ccccc2)CC1. The number of amides is 1. The van der Waals surface area contributed by atoms with Crippen LogP contribution >= 0.6 is 0 Å². The van der Waals surface area contributed by atoms with E-state index in [1.165, 1.54) is 16.8 Å². The highest BCUT2D eigenvalue weighted by atomic mass is 16.2. The minimum Gasteiger partial charge on any atom is -0.341 e. The van der Waals surface area contributed by atoms with Gasteiger partial charge in [0.2, 0.25) is 5.91 Å². The summed E-state index contributed by atoms with van der Waals surface area (Å²) in [5, 5.41) is 7.30. The summed E-state index contributed by atoms with van der Waals surface area (Å²) in [7, 11) is 0. The van der Waals surface area contributed by atoms with E-state index in [-0.39, 0.29) is 6.04 Å². The monoisotopic (exact) mass is 352 g/mol. The van der Waals surface area contributed by atoms with Gasteiger partial charge in [-0.05, 0) is 50.3 Å². The molecule has 0 spiro atoms. The molecule has 0 aliphatic carbocycles. The summed E-state index contributed by atoms with van der Waals surface area (Å²) < 4.78 is 0. The summed E-state index contributed by atoms with van der Waals surface area (Å²) in [6, 6.07) is 10.5. The number of benzene rings is 1. The number of nitrogens with zero attached hydrogens (tertiary/aromatic N) is 3. The second-order valence-electron chi connectivity index (χ2n) is 7.68.